The summed E-state index contributed by atoms with van der Waals surface area (Å²) in [5.41, 5.74) is 0. The molecule has 1 amide bonds. The van der Waals surface area contributed by atoms with Crippen LogP contribution in [0.3, 0.4) is 0 Å². The van der Waals surface area contributed by atoms with Crippen LogP contribution >= 0.6 is 0 Å². The summed E-state index contributed by atoms with van der Waals surface area (Å²) in [6.07, 6.45) is 5.53. The van der Waals surface area contributed by atoms with Gasteiger partial charge in [0.25, 0.3) is 0 Å². The second kappa shape index (κ2) is 5.05. The van der Waals surface area contributed by atoms with Crippen molar-refractivity contribution in [3.8, 4) is 0 Å². The Hall–Kier alpha value is -0.620. The van der Waals surface area contributed by atoms with Crippen LogP contribution in [0.1, 0.15) is 32.1 Å². The van der Waals surface area contributed by atoms with Gasteiger partial charge in [0.05, 0.1) is 12.3 Å². The largest absolute Gasteiger partial charge is 0.341 e. The minimum absolute atomic E-state index is 0.00396. The molecule has 3 fully saturated rings. The van der Waals surface area contributed by atoms with Crippen molar-refractivity contribution < 1.29 is 13.2 Å². The molecule has 3 aliphatic rings. The Labute approximate surface area is 115 Å². The van der Waals surface area contributed by atoms with Crippen LogP contribution in [0.25, 0.3) is 0 Å². The Morgan fingerprint density at radius 2 is 1.68 bits per heavy atom. The number of carbonyl (C=O) groups excluding carboxylic acids is 1. The molecular formula is C13H22N2O3S. The van der Waals surface area contributed by atoms with Gasteiger partial charge in [0.15, 0.2) is 0 Å². The molecule has 1 saturated heterocycles. The lowest BCUT2D eigenvalue weighted by Gasteiger charge is -2.25. The molecule has 1 aliphatic heterocycles. The molecule has 0 radical (unpaired) electrons. The highest BCUT2D eigenvalue weighted by atomic mass is 32.2. The third kappa shape index (κ3) is 3.48. The van der Waals surface area contributed by atoms with Crippen LogP contribution in [-0.4, -0.2) is 55.5 Å². The molecule has 0 unspecified atom stereocenters. The van der Waals surface area contributed by atoms with E-state index in [1.54, 1.807) is 0 Å². The first-order chi connectivity index (χ1) is 9.04. The third-order valence-electron chi connectivity index (χ3n) is 4.22. The quantitative estimate of drug-likeness (QED) is 0.721. The van der Waals surface area contributed by atoms with Crippen molar-refractivity contribution in [1.29, 1.82) is 0 Å². The Morgan fingerprint density at radius 3 is 2.11 bits per heavy atom. The molecule has 2 aliphatic carbocycles. The molecule has 0 aromatic heterocycles. The maximum atomic E-state index is 12.3. The molecule has 0 aromatic carbocycles. The Morgan fingerprint density at radius 1 is 1.11 bits per heavy atom. The van der Waals surface area contributed by atoms with Crippen LogP contribution in [0.4, 0.5) is 0 Å². The lowest BCUT2D eigenvalue weighted by molar-refractivity contribution is -0.131. The minimum atomic E-state index is -3.16. The van der Waals surface area contributed by atoms with E-state index in [9.17, 15) is 13.2 Å². The Bertz CT molecular complexity index is 441. The summed E-state index contributed by atoms with van der Waals surface area (Å²) < 4.78 is 24.9. The molecule has 108 valence electrons. The van der Waals surface area contributed by atoms with Crippen LogP contribution in [0.2, 0.25) is 0 Å². The van der Waals surface area contributed by atoms with E-state index in [2.05, 4.69) is 0 Å². The number of sulfonamides is 1. The van der Waals surface area contributed by atoms with E-state index in [1.807, 2.05) is 4.90 Å². The normalized spacial score (nSPS) is 26.5. The van der Waals surface area contributed by atoms with Gasteiger partial charge in [-0.3, -0.25) is 4.79 Å². The highest BCUT2D eigenvalue weighted by molar-refractivity contribution is 7.89. The number of carbonyl (C=O) groups is 1. The van der Waals surface area contributed by atoms with E-state index in [0.717, 1.165) is 13.1 Å². The fraction of sp³-hybridized carbons (Fsp3) is 0.923. The Kier molecular flexibility index (Phi) is 3.55. The molecule has 5 nitrogen and oxygen atoms in total. The van der Waals surface area contributed by atoms with Crippen molar-refractivity contribution in [2.75, 3.05) is 31.9 Å². The molecule has 2 saturated carbocycles. The molecule has 3 rings (SSSR count). The predicted molar refractivity (Wildman–Crippen MR) is 72.0 cm³/mol. The summed E-state index contributed by atoms with van der Waals surface area (Å²) in [4.78, 5) is 14.3. The number of hydrogen-bond donors (Lipinski definition) is 0. The third-order valence-corrected chi connectivity index (χ3v) is 6.12. The van der Waals surface area contributed by atoms with E-state index in [4.69, 9.17) is 0 Å². The smallest absolute Gasteiger partial charge is 0.237 e. The zero-order valence-corrected chi connectivity index (χ0v) is 12.1. The summed E-state index contributed by atoms with van der Waals surface area (Å²) in [6, 6.07) is 0. The number of nitrogens with zero attached hydrogens (tertiary/aromatic N) is 2. The monoisotopic (exact) mass is 286 g/mol. The van der Waals surface area contributed by atoms with Gasteiger partial charge in [-0.25, -0.2) is 8.42 Å². The topological polar surface area (TPSA) is 57.7 Å². The van der Waals surface area contributed by atoms with Crippen molar-refractivity contribution in [1.82, 2.24) is 9.21 Å². The summed E-state index contributed by atoms with van der Waals surface area (Å²) >= 11 is 0. The fourth-order valence-corrected chi connectivity index (χ4v) is 4.09. The summed E-state index contributed by atoms with van der Waals surface area (Å²) in [5.74, 6) is 1.53. The standard InChI is InChI=1S/C13H22N2O3S/c16-13(10-15-6-1-7-19(15,17)18)14(8-11-2-3-11)9-12-4-5-12/h11-12H,1-10H2. The molecule has 19 heavy (non-hydrogen) atoms. The zero-order chi connectivity index (χ0) is 13.5. The fourth-order valence-electron chi connectivity index (χ4n) is 2.62. The van der Waals surface area contributed by atoms with Crippen LogP contribution in [-0.2, 0) is 14.8 Å². The first-order valence-corrected chi connectivity index (χ1v) is 8.91. The van der Waals surface area contributed by atoms with Gasteiger partial charge in [-0.15, -0.1) is 0 Å². The molecule has 0 bridgehead atoms. The Balaban J connectivity index is 1.58. The maximum absolute atomic E-state index is 12.3. The van der Waals surface area contributed by atoms with E-state index in [0.29, 0.717) is 24.8 Å². The first kappa shape index (κ1) is 13.4. The van der Waals surface area contributed by atoms with Crippen molar-refractivity contribution in [3.05, 3.63) is 0 Å². The van der Waals surface area contributed by atoms with Crippen molar-refractivity contribution in [2.24, 2.45) is 11.8 Å². The molecule has 0 N–H and O–H groups in total. The van der Waals surface area contributed by atoms with E-state index >= 15 is 0 Å². The SMILES string of the molecule is O=C(CN1CCCS1(=O)=O)N(CC1CC1)CC1CC1. The van der Waals surface area contributed by atoms with Gasteiger partial charge in [0, 0.05) is 19.6 Å². The first-order valence-electron chi connectivity index (χ1n) is 7.30. The summed E-state index contributed by atoms with van der Waals surface area (Å²) in [5, 5.41) is 0. The van der Waals surface area contributed by atoms with Crippen LogP contribution < -0.4 is 0 Å². The van der Waals surface area contributed by atoms with Crippen molar-refractivity contribution >= 4 is 15.9 Å². The van der Waals surface area contributed by atoms with Gasteiger partial charge in [-0.05, 0) is 43.9 Å². The van der Waals surface area contributed by atoms with Gasteiger partial charge in [-0.1, -0.05) is 0 Å². The lowest BCUT2D eigenvalue weighted by atomic mass is 10.3. The van der Waals surface area contributed by atoms with E-state index in [1.165, 1.54) is 30.0 Å². The molecule has 0 atom stereocenters. The second-order valence-corrected chi connectivity index (χ2v) is 8.28. The summed E-state index contributed by atoms with van der Waals surface area (Å²) in [7, 11) is -3.16. The highest BCUT2D eigenvalue weighted by Gasteiger charge is 2.35. The van der Waals surface area contributed by atoms with Gasteiger partial charge < -0.3 is 4.90 Å². The average Bonchev–Trinajstić information content (AvgIpc) is 3.22. The molecule has 6 heteroatoms. The van der Waals surface area contributed by atoms with Crippen LogP contribution in [0.5, 0.6) is 0 Å². The number of amides is 1. The second-order valence-electron chi connectivity index (χ2n) is 6.19. The van der Waals surface area contributed by atoms with Crippen molar-refractivity contribution in [2.45, 2.75) is 32.1 Å². The molecule has 0 spiro atoms. The van der Waals surface area contributed by atoms with Gasteiger partial charge >= 0.3 is 0 Å². The lowest BCUT2D eigenvalue weighted by Crippen LogP contribution is -2.42. The number of rotatable bonds is 6. The van der Waals surface area contributed by atoms with E-state index in [-0.39, 0.29) is 18.2 Å². The minimum Gasteiger partial charge on any atom is -0.341 e. The maximum Gasteiger partial charge on any atom is 0.237 e. The highest BCUT2D eigenvalue weighted by Crippen LogP contribution is 2.33. The molecule has 1 heterocycles. The summed E-state index contributed by atoms with van der Waals surface area (Å²) in [6.45, 7) is 2.24. The van der Waals surface area contributed by atoms with Gasteiger partial charge in [-0.2, -0.15) is 4.31 Å². The van der Waals surface area contributed by atoms with E-state index < -0.39 is 10.0 Å². The van der Waals surface area contributed by atoms with Crippen molar-refractivity contribution in [3.63, 3.8) is 0 Å². The van der Waals surface area contributed by atoms with Crippen LogP contribution in [0, 0.1) is 11.8 Å². The predicted octanol–water partition coefficient (Wildman–Crippen LogP) is 0.671. The molecular weight excluding hydrogens is 264 g/mol. The van der Waals surface area contributed by atoms with Gasteiger partial charge in [0.1, 0.15) is 0 Å². The van der Waals surface area contributed by atoms with Gasteiger partial charge in [0.2, 0.25) is 15.9 Å². The molecule has 0 aromatic rings. The number of hydrogen-bond acceptors (Lipinski definition) is 3. The van der Waals surface area contributed by atoms with Crippen LogP contribution in [0.15, 0.2) is 0 Å². The zero-order valence-electron chi connectivity index (χ0n) is 11.3. The average molecular weight is 286 g/mol.